The van der Waals surface area contributed by atoms with Crippen molar-refractivity contribution in [1.82, 2.24) is 14.9 Å². The Kier molecular flexibility index (Phi) is 7.56. The zero-order chi connectivity index (χ0) is 26.8. The summed E-state index contributed by atoms with van der Waals surface area (Å²) in [6.45, 7) is 11.4. The SMILES string of the molecule is C=CCN1CCC(c2ccc(Nc3ncc(F)c(-c4cc(F)c5c(c4)N(C(C)C)CCO5)n3)cc2F)CC1. The van der Waals surface area contributed by atoms with E-state index in [1.807, 2.05) is 24.8 Å². The molecule has 1 fully saturated rings. The van der Waals surface area contributed by atoms with Gasteiger partial charge in [-0.1, -0.05) is 12.1 Å². The molecule has 200 valence electrons. The highest BCUT2D eigenvalue weighted by molar-refractivity contribution is 5.73. The topological polar surface area (TPSA) is 53.5 Å². The third-order valence-corrected chi connectivity index (χ3v) is 7.22. The lowest BCUT2D eigenvalue weighted by molar-refractivity contribution is 0.231. The summed E-state index contributed by atoms with van der Waals surface area (Å²) in [5, 5.41) is 2.96. The highest BCUT2D eigenvalue weighted by Crippen LogP contribution is 2.39. The van der Waals surface area contributed by atoms with E-state index in [2.05, 4.69) is 26.8 Å². The lowest BCUT2D eigenvalue weighted by atomic mass is 9.89. The van der Waals surface area contributed by atoms with Crippen molar-refractivity contribution < 1.29 is 17.9 Å². The van der Waals surface area contributed by atoms with Gasteiger partial charge in [-0.05, 0) is 75.5 Å². The molecule has 0 atom stereocenters. The van der Waals surface area contributed by atoms with Gasteiger partial charge in [0.15, 0.2) is 17.4 Å². The van der Waals surface area contributed by atoms with Crippen molar-refractivity contribution in [2.75, 3.05) is 43.0 Å². The van der Waals surface area contributed by atoms with E-state index in [4.69, 9.17) is 4.74 Å². The van der Waals surface area contributed by atoms with Gasteiger partial charge in [-0.2, -0.15) is 0 Å². The van der Waals surface area contributed by atoms with Crippen molar-refractivity contribution >= 4 is 17.3 Å². The summed E-state index contributed by atoms with van der Waals surface area (Å²) in [5.41, 5.74) is 1.91. The van der Waals surface area contributed by atoms with E-state index in [0.29, 0.717) is 30.1 Å². The quantitative estimate of drug-likeness (QED) is 0.368. The second kappa shape index (κ2) is 11.0. The predicted octanol–water partition coefficient (Wildman–Crippen LogP) is 6.28. The lowest BCUT2D eigenvalue weighted by Crippen LogP contribution is -2.38. The summed E-state index contributed by atoms with van der Waals surface area (Å²) < 4.78 is 50.4. The van der Waals surface area contributed by atoms with E-state index in [0.717, 1.165) is 38.7 Å². The number of rotatable bonds is 7. The normalized spacial score (nSPS) is 16.3. The highest BCUT2D eigenvalue weighted by atomic mass is 19.1. The van der Waals surface area contributed by atoms with Crippen molar-refractivity contribution in [2.45, 2.75) is 38.6 Å². The molecule has 2 aromatic carbocycles. The molecule has 0 aliphatic carbocycles. The van der Waals surface area contributed by atoms with Crippen molar-refractivity contribution in [3.05, 3.63) is 72.2 Å². The van der Waals surface area contributed by atoms with Crippen molar-refractivity contribution in [1.29, 1.82) is 0 Å². The molecule has 0 amide bonds. The molecular weight excluding hydrogens is 491 g/mol. The zero-order valence-corrected chi connectivity index (χ0v) is 21.7. The van der Waals surface area contributed by atoms with Gasteiger partial charge in [0.05, 0.1) is 18.4 Å². The molecule has 6 nitrogen and oxygen atoms in total. The first-order valence-corrected chi connectivity index (χ1v) is 13.0. The fourth-order valence-electron chi connectivity index (χ4n) is 5.28. The number of nitrogens with one attached hydrogen (secondary N) is 1. The smallest absolute Gasteiger partial charge is 0.227 e. The van der Waals surface area contributed by atoms with Gasteiger partial charge in [0.2, 0.25) is 5.95 Å². The fraction of sp³-hybridized carbons (Fsp3) is 0.379. The van der Waals surface area contributed by atoms with Gasteiger partial charge in [0.1, 0.15) is 18.1 Å². The summed E-state index contributed by atoms with van der Waals surface area (Å²) in [6.07, 6.45) is 4.69. The first-order chi connectivity index (χ1) is 18.3. The minimum Gasteiger partial charge on any atom is -0.486 e. The summed E-state index contributed by atoms with van der Waals surface area (Å²) in [5.74, 6) is -1.17. The molecule has 1 N–H and O–H groups in total. The van der Waals surface area contributed by atoms with Gasteiger partial charge < -0.3 is 15.0 Å². The molecule has 0 bridgehead atoms. The molecule has 5 rings (SSSR count). The third-order valence-electron chi connectivity index (χ3n) is 7.22. The third kappa shape index (κ3) is 5.34. The summed E-state index contributed by atoms with van der Waals surface area (Å²) in [6, 6.07) is 7.98. The Labute approximate surface area is 221 Å². The minimum absolute atomic E-state index is 0.0538. The molecule has 1 saturated heterocycles. The standard InChI is InChI=1S/C29H32F3N5O/c1-4-9-36-10-7-19(8-11-36)22-6-5-21(16-23(22)30)34-29-33-17-25(32)27(35-29)20-14-24(31)28-26(15-20)37(18(2)3)12-13-38-28/h4-6,14-19H,1,7-13H2,2-3H3,(H,33,34,35). The van der Waals surface area contributed by atoms with Crippen LogP contribution in [0.1, 0.15) is 38.2 Å². The number of halogens is 3. The molecule has 9 heteroatoms. The number of aromatic nitrogens is 2. The van der Waals surface area contributed by atoms with Crippen LogP contribution in [0.15, 0.2) is 49.2 Å². The van der Waals surface area contributed by atoms with Crippen LogP contribution in [0.5, 0.6) is 5.75 Å². The number of benzene rings is 2. The molecule has 2 aliphatic heterocycles. The Morgan fingerprint density at radius 1 is 1.08 bits per heavy atom. The largest absolute Gasteiger partial charge is 0.486 e. The molecule has 1 aromatic heterocycles. The first kappa shape index (κ1) is 26.0. The Morgan fingerprint density at radius 3 is 2.58 bits per heavy atom. The number of nitrogens with zero attached hydrogens (tertiary/aromatic N) is 4. The Hall–Kier alpha value is -3.59. The van der Waals surface area contributed by atoms with Crippen LogP contribution in [-0.2, 0) is 0 Å². The van der Waals surface area contributed by atoms with Gasteiger partial charge in [0.25, 0.3) is 0 Å². The molecule has 3 heterocycles. The van der Waals surface area contributed by atoms with Gasteiger partial charge in [0, 0.05) is 23.8 Å². The van der Waals surface area contributed by atoms with Crippen molar-refractivity contribution in [2.24, 2.45) is 0 Å². The number of anilines is 3. The number of hydrogen-bond donors (Lipinski definition) is 1. The van der Waals surface area contributed by atoms with Crippen molar-refractivity contribution in [3.8, 4) is 17.0 Å². The average molecular weight is 524 g/mol. The maximum Gasteiger partial charge on any atom is 0.227 e. The Bertz CT molecular complexity index is 1320. The first-order valence-electron chi connectivity index (χ1n) is 13.0. The van der Waals surface area contributed by atoms with Gasteiger partial charge in [-0.3, -0.25) is 4.90 Å². The van der Waals surface area contributed by atoms with E-state index >= 15 is 4.39 Å². The van der Waals surface area contributed by atoms with Crippen LogP contribution in [-0.4, -0.2) is 53.7 Å². The molecule has 0 unspecified atom stereocenters. The van der Waals surface area contributed by atoms with Crippen LogP contribution in [0.25, 0.3) is 11.3 Å². The summed E-state index contributed by atoms with van der Waals surface area (Å²) >= 11 is 0. The highest BCUT2D eigenvalue weighted by Gasteiger charge is 2.26. The number of likely N-dealkylation sites (tertiary alicyclic amines) is 1. The van der Waals surface area contributed by atoms with Crippen LogP contribution in [0.2, 0.25) is 0 Å². The van der Waals surface area contributed by atoms with Crippen molar-refractivity contribution in [3.63, 3.8) is 0 Å². The van der Waals surface area contributed by atoms with Crippen LogP contribution < -0.4 is 15.0 Å². The number of piperidine rings is 1. The second-order valence-electron chi connectivity index (χ2n) is 10.1. The predicted molar refractivity (Wildman–Crippen MR) is 144 cm³/mol. The van der Waals surface area contributed by atoms with Crippen LogP contribution in [0, 0.1) is 17.5 Å². The maximum absolute atomic E-state index is 15.1. The molecular formula is C29H32F3N5O. The monoisotopic (exact) mass is 523 g/mol. The summed E-state index contributed by atoms with van der Waals surface area (Å²) in [4.78, 5) is 12.6. The minimum atomic E-state index is -0.688. The number of hydrogen-bond acceptors (Lipinski definition) is 6. The summed E-state index contributed by atoms with van der Waals surface area (Å²) in [7, 11) is 0. The van der Waals surface area contributed by atoms with Gasteiger partial charge in [-0.15, -0.1) is 6.58 Å². The molecule has 38 heavy (non-hydrogen) atoms. The van der Waals surface area contributed by atoms with E-state index in [1.54, 1.807) is 18.2 Å². The Balaban J connectivity index is 1.37. The van der Waals surface area contributed by atoms with Gasteiger partial charge >= 0.3 is 0 Å². The zero-order valence-electron chi connectivity index (χ0n) is 21.7. The van der Waals surface area contributed by atoms with Crippen LogP contribution in [0.3, 0.4) is 0 Å². The second-order valence-corrected chi connectivity index (χ2v) is 10.1. The average Bonchev–Trinajstić information content (AvgIpc) is 2.90. The molecule has 2 aliphatic rings. The van der Waals surface area contributed by atoms with Crippen LogP contribution in [0.4, 0.5) is 30.5 Å². The number of fused-ring (bicyclic) bond motifs is 1. The van der Waals surface area contributed by atoms with E-state index in [1.165, 1.54) is 12.1 Å². The molecule has 3 aromatic rings. The molecule has 0 radical (unpaired) electrons. The van der Waals surface area contributed by atoms with E-state index < -0.39 is 11.6 Å². The van der Waals surface area contributed by atoms with Gasteiger partial charge in [-0.25, -0.2) is 23.1 Å². The van der Waals surface area contributed by atoms with E-state index in [9.17, 15) is 8.78 Å². The molecule has 0 spiro atoms. The maximum atomic E-state index is 15.1. The fourth-order valence-corrected chi connectivity index (χ4v) is 5.28. The number of ether oxygens (including phenoxy) is 1. The van der Waals surface area contributed by atoms with Crippen LogP contribution >= 0.6 is 0 Å². The lowest BCUT2D eigenvalue weighted by Gasteiger charge is -2.34. The molecule has 0 saturated carbocycles. The Morgan fingerprint density at radius 2 is 1.87 bits per heavy atom. The van der Waals surface area contributed by atoms with E-state index in [-0.39, 0.29) is 40.7 Å².